The zero-order chi connectivity index (χ0) is 13.1. The summed E-state index contributed by atoms with van der Waals surface area (Å²) in [5.74, 6) is 1.01. The molecule has 1 aromatic carbocycles. The Hall–Kier alpha value is -2.20. The second kappa shape index (κ2) is 5.20. The number of imidazole rings is 1. The van der Waals surface area contributed by atoms with Gasteiger partial charge in [0.2, 0.25) is 0 Å². The van der Waals surface area contributed by atoms with Crippen molar-refractivity contribution >= 4 is 10.9 Å². The molecule has 0 atom stereocenters. The van der Waals surface area contributed by atoms with Crippen LogP contribution in [0.5, 0.6) is 0 Å². The van der Waals surface area contributed by atoms with Gasteiger partial charge in [-0.25, -0.2) is 4.98 Å². The van der Waals surface area contributed by atoms with Crippen molar-refractivity contribution in [3.63, 3.8) is 0 Å². The van der Waals surface area contributed by atoms with Gasteiger partial charge in [0.05, 0.1) is 5.52 Å². The SMILES string of the molecule is NCCn1ccnc1Cc1ccc2ccccc2n1. The van der Waals surface area contributed by atoms with Crippen LogP contribution >= 0.6 is 0 Å². The van der Waals surface area contributed by atoms with E-state index in [1.165, 1.54) is 0 Å². The van der Waals surface area contributed by atoms with E-state index >= 15 is 0 Å². The predicted molar refractivity (Wildman–Crippen MR) is 75.8 cm³/mol. The Balaban J connectivity index is 1.90. The first-order valence-electron chi connectivity index (χ1n) is 6.41. The molecule has 3 aromatic rings. The Morgan fingerprint density at radius 1 is 1.11 bits per heavy atom. The highest BCUT2D eigenvalue weighted by atomic mass is 15.1. The quantitative estimate of drug-likeness (QED) is 0.772. The number of hydrogen-bond donors (Lipinski definition) is 1. The number of aromatic nitrogens is 3. The van der Waals surface area contributed by atoms with Crippen LogP contribution in [0.25, 0.3) is 10.9 Å². The Morgan fingerprint density at radius 2 is 2.00 bits per heavy atom. The van der Waals surface area contributed by atoms with Crippen LogP contribution < -0.4 is 5.73 Å². The number of fused-ring (bicyclic) bond motifs is 1. The van der Waals surface area contributed by atoms with Crippen molar-refractivity contribution in [1.29, 1.82) is 0 Å². The molecular weight excluding hydrogens is 236 g/mol. The highest BCUT2D eigenvalue weighted by Gasteiger charge is 2.05. The van der Waals surface area contributed by atoms with Crippen LogP contribution in [-0.2, 0) is 13.0 Å². The lowest BCUT2D eigenvalue weighted by molar-refractivity contribution is 0.669. The van der Waals surface area contributed by atoms with E-state index in [1.54, 1.807) is 0 Å². The van der Waals surface area contributed by atoms with Crippen molar-refractivity contribution < 1.29 is 0 Å². The number of hydrogen-bond acceptors (Lipinski definition) is 3. The van der Waals surface area contributed by atoms with E-state index in [4.69, 9.17) is 5.73 Å². The molecule has 0 fully saturated rings. The molecule has 19 heavy (non-hydrogen) atoms. The van der Waals surface area contributed by atoms with E-state index < -0.39 is 0 Å². The minimum absolute atomic E-state index is 0.620. The molecule has 0 aliphatic carbocycles. The summed E-state index contributed by atoms with van der Waals surface area (Å²) >= 11 is 0. The Labute approximate surface area is 111 Å². The van der Waals surface area contributed by atoms with Gasteiger partial charge in [-0.05, 0) is 12.1 Å². The third kappa shape index (κ3) is 2.48. The van der Waals surface area contributed by atoms with E-state index in [1.807, 2.05) is 30.6 Å². The highest BCUT2D eigenvalue weighted by Crippen LogP contribution is 2.13. The van der Waals surface area contributed by atoms with Crippen LogP contribution in [0.15, 0.2) is 48.8 Å². The summed E-state index contributed by atoms with van der Waals surface area (Å²) in [6, 6.07) is 12.3. The van der Waals surface area contributed by atoms with Gasteiger partial charge in [-0.3, -0.25) is 4.98 Å². The number of nitrogens with zero attached hydrogens (tertiary/aromatic N) is 3. The van der Waals surface area contributed by atoms with Crippen molar-refractivity contribution in [1.82, 2.24) is 14.5 Å². The molecule has 0 bridgehead atoms. The molecular formula is C15H16N4. The lowest BCUT2D eigenvalue weighted by Crippen LogP contribution is -2.12. The molecule has 0 aliphatic heterocycles. The fourth-order valence-corrected chi connectivity index (χ4v) is 2.22. The van der Waals surface area contributed by atoms with E-state index in [0.29, 0.717) is 6.54 Å². The number of pyridine rings is 1. The van der Waals surface area contributed by atoms with Gasteiger partial charge in [0.15, 0.2) is 0 Å². The molecule has 0 radical (unpaired) electrons. The molecule has 4 heteroatoms. The summed E-state index contributed by atoms with van der Waals surface area (Å²) in [4.78, 5) is 9.04. The van der Waals surface area contributed by atoms with E-state index in [0.717, 1.165) is 35.4 Å². The van der Waals surface area contributed by atoms with E-state index in [2.05, 4.69) is 32.7 Å². The molecule has 0 saturated heterocycles. The van der Waals surface area contributed by atoms with Gasteiger partial charge in [-0.1, -0.05) is 24.3 Å². The van der Waals surface area contributed by atoms with Crippen molar-refractivity contribution in [2.24, 2.45) is 5.73 Å². The molecule has 2 N–H and O–H groups in total. The standard InChI is InChI=1S/C15H16N4/c16-7-9-19-10-8-17-15(19)11-13-6-5-12-3-1-2-4-14(12)18-13/h1-6,8,10H,7,9,11,16H2. The molecule has 0 amide bonds. The van der Waals surface area contributed by atoms with Crippen LogP contribution in [0.3, 0.4) is 0 Å². The first kappa shape index (κ1) is 11.9. The maximum absolute atomic E-state index is 5.59. The average Bonchev–Trinajstić information content (AvgIpc) is 2.86. The summed E-state index contributed by atoms with van der Waals surface area (Å²) in [6.45, 7) is 1.41. The number of nitrogens with two attached hydrogens (primary N) is 1. The first-order chi connectivity index (χ1) is 9.36. The van der Waals surface area contributed by atoms with Crippen molar-refractivity contribution in [3.05, 3.63) is 60.3 Å². The van der Waals surface area contributed by atoms with Crippen LogP contribution in [0.2, 0.25) is 0 Å². The molecule has 0 spiro atoms. The van der Waals surface area contributed by atoms with Crippen LogP contribution in [0.4, 0.5) is 0 Å². The zero-order valence-corrected chi connectivity index (χ0v) is 10.7. The van der Waals surface area contributed by atoms with Crippen molar-refractivity contribution in [2.45, 2.75) is 13.0 Å². The number of para-hydroxylation sites is 1. The van der Waals surface area contributed by atoms with Gasteiger partial charge in [-0.15, -0.1) is 0 Å². The van der Waals surface area contributed by atoms with E-state index in [-0.39, 0.29) is 0 Å². The van der Waals surface area contributed by atoms with Gasteiger partial charge >= 0.3 is 0 Å². The van der Waals surface area contributed by atoms with Gasteiger partial charge in [-0.2, -0.15) is 0 Å². The average molecular weight is 252 g/mol. The van der Waals surface area contributed by atoms with Crippen LogP contribution in [-0.4, -0.2) is 21.1 Å². The Bertz CT molecular complexity index is 687. The largest absolute Gasteiger partial charge is 0.333 e. The zero-order valence-electron chi connectivity index (χ0n) is 10.7. The smallest absolute Gasteiger partial charge is 0.114 e. The molecule has 4 nitrogen and oxygen atoms in total. The fraction of sp³-hybridized carbons (Fsp3) is 0.200. The highest BCUT2D eigenvalue weighted by molar-refractivity contribution is 5.78. The monoisotopic (exact) mass is 252 g/mol. The molecule has 2 aromatic heterocycles. The van der Waals surface area contributed by atoms with Crippen LogP contribution in [0.1, 0.15) is 11.5 Å². The predicted octanol–water partition coefficient (Wildman–Crippen LogP) is 1.98. The summed E-state index contributed by atoms with van der Waals surface area (Å²) in [5.41, 5.74) is 7.65. The molecule has 3 rings (SSSR count). The van der Waals surface area contributed by atoms with Crippen molar-refractivity contribution in [3.8, 4) is 0 Å². The topological polar surface area (TPSA) is 56.7 Å². The molecule has 0 unspecified atom stereocenters. The lowest BCUT2D eigenvalue weighted by atomic mass is 10.2. The van der Waals surface area contributed by atoms with Crippen molar-refractivity contribution in [2.75, 3.05) is 6.54 Å². The third-order valence-corrected chi connectivity index (χ3v) is 3.17. The second-order valence-corrected chi connectivity index (χ2v) is 4.50. The summed E-state index contributed by atoms with van der Waals surface area (Å²) in [7, 11) is 0. The Morgan fingerprint density at radius 3 is 2.89 bits per heavy atom. The molecule has 96 valence electrons. The van der Waals surface area contributed by atoms with Gasteiger partial charge in [0.1, 0.15) is 5.82 Å². The fourth-order valence-electron chi connectivity index (χ4n) is 2.22. The third-order valence-electron chi connectivity index (χ3n) is 3.17. The van der Waals surface area contributed by atoms with Gasteiger partial charge in [0, 0.05) is 43.0 Å². The minimum atomic E-state index is 0.620. The minimum Gasteiger partial charge on any atom is -0.333 e. The van der Waals surface area contributed by atoms with E-state index in [9.17, 15) is 0 Å². The molecule has 0 saturated carbocycles. The summed E-state index contributed by atoms with van der Waals surface area (Å²) in [5, 5.41) is 1.16. The van der Waals surface area contributed by atoms with Crippen LogP contribution in [0, 0.1) is 0 Å². The van der Waals surface area contributed by atoms with Gasteiger partial charge in [0.25, 0.3) is 0 Å². The number of rotatable bonds is 4. The normalized spacial score (nSPS) is 11.0. The number of benzene rings is 1. The maximum Gasteiger partial charge on any atom is 0.114 e. The maximum atomic E-state index is 5.59. The molecule has 2 heterocycles. The first-order valence-corrected chi connectivity index (χ1v) is 6.41. The summed E-state index contributed by atoms with van der Waals surface area (Å²) < 4.78 is 2.08. The van der Waals surface area contributed by atoms with Gasteiger partial charge < -0.3 is 10.3 Å². The molecule has 0 aliphatic rings. The Kier molecular flexibility index (Phi) is 3.25. The second-order valence-electron chi connectivity index (χ2n) is 4.50. The summed E-state index contributed by atoms with van der Waals surface area (Å²) in [6.07, 6.45) is 4.51. The lowest BCUT2D eigenvalue weighted by Gasteiger charge is -2.06.